The first-order chi connectivity index (χ1) is 12.2. The molecule has 0 bridgehead atoms. The number of rotatable bonds is 4. The highest BCUT2D eigenvalue weighted by Gasteiger charge is 2.30. The van der Waals surface area contributed by atoms with Gasteiger partial charge in [-0.25, -0.2) is 4.79 Å². The minimum atomic E-state index is 0.145. The highest BCUT2D eigenvalue weighted by Crippen LogP contribution is 2.41. The monoisotopic (exact) mass is 345 g/mol. The fraction of sp³-hybridized carbons (Fsp3) is 0.789. The molecule has 0 atom stereocenters. The number of hydrogen-bond acceptors (Lipinski definition) is 3. The number of hydrogen-bond donors (Lipinski definition) is 1. The molecule has 1 aromatic heterocycles. The fourth-order valence-electron chi connectivity index (χ4n) is 4.36. The summed E-state index contributed by atoms with van der Waals surface area (Å²) in [5.74, 6) is 0.727. The van der Waals surface area contributed by atoms with Crippen molar-refractivity contribution in [2.45, 2.75) is 63.5 Å². The SMILES string of the molecule is Cn1ncc(CN2CCN(C(=O)NC3CCCCC3)CC2)c1C1CC1. The Bertz CT molecular complexity index is 595. The minimum Gasteiger partial charge on any atom is -0.335 e. The second kappa shape index (κ2) is 7.36. The lowest BCUT2D eigenvalue weighted by atomic mass is 9.96. The summed E-state index contributed by atoms with van der Waals surface area (Å²) in [4.78, 5) is 16.9. The van der Waals surface area contributed by atoms with E-state index in [2.05, 4.69) is 27.0 Å². The molecule has 1 aromatic rings. The van der Waals surface area contributed by atoms with Gasteiger partial charge < -0.3 is 10.2 Å². The van der Waals surface area contributed by atoms with Crippen LogP contribution in [0.1, 0.15) is 62.1 Å². The third-order valence-electron chi connectivity index (χ3n) is 6.01. The Kier molecular flexibility index (Phi) is 4.97. The van der Waals surface area contributed by atoms with Crippen LogP contribution in [0, 0.1) is 0 Å². The lowest BCUT2D eigenvalue weighted by molar-refractivity contribution is 0.131. The summed E-state index contributed by atoms with van der Waals surface area (Å²) < 4.78 is 2.06. The van der Waals surface area contributed by atoms with Gasteiger partial charge in [0.05, 0.1) is 6.20 Å². The molecule has 25 heavy (non-hydrogen) atoms. The van der Waals surface area contributed by atoms with Gasteiger partial charge in [-0.1, -0.05) is 19.3 Å². The first kappa shape index (κ1) is 16.9. The molecule has 3 aliphatic rings. The zero-order valence-electron chi connectivity index (χ0n) is 15.4. The lowest BCUT2D eigenvalue weighted by Crippen LogP contribution is -2.53. The molecule has 2 saturated carbocycles. The predicted molar refractivity (Wildman–Crippen MR) is 97.4 cm³/mol. The van der Waals surface area contributed by atoms with Crippen LogP contribution in [-0.2, 0) is 13.6 Å². The van der Waals surface area contributed by atoms with Crippen molar-refractivity contribution in [2.75, 3.05) is 26.2 Å². The van der Waals surface area contributed by atoms with E-state index in [0.717, 1.165) is 51.5 Å². The quantitative estimate of drug-likeness (QED) is 0.912. The summed E-state index contributed by atoms with van der Waals surface area (Å²) in [6.07, 6.45) is 10.8. The van der Waals surface area contributed by atoms with Crippen molar-refractivity contribution in [2.24, 2.45) is 7.05 Å². The van der Waals surface area contributed by atoms with Gasteiger partial charge in [0.1, 0.15) is 0 Å². The van der Waals surface area contributed by atoms with Gasteiger partial charge in [0, 0.05) is 63.0 Å². The summed E-state index contributed by atoms with van der Waals surface area (Å²) in [6, 6.07) is 0.544. The van der Waals surface area contributed by atoms with Gasteiger partial charge in [-0.3, -0.25) is 9.58 Å². The van der Waals surface area contributed by atoms with Crippen LogP contribution in [0.2, 0.25) is 0 Å². The summed E-state index contributed by atoms with van der Waals surface area (Å²) in [5, 5.41) is 7.71. The Morgan fingerprint density at radius 1 is 1.12 bits per heavy atom. The van der Waals surface area contributed by atoms with Gasteiger partial charge in [0.15, 0.2) is 0 Å². The van der Waals surface area contributed by atoms with E-state index in [1.807, 2.05) is 11.1 Å². The molecule has 6 nitrogen and oxygen atoms in total. The van der Waals surface area contributed by atoms with Crippen molar-refractivity contribution in [1.82, 2.24) is 24.9 Å². The van der Waals surface area contributed by atoms with Crippen molar-refractivity contribution in [1.29, 1.82) is 0 Å². The minimum absolute atomic E-state index is 0.145. The average molecular weight is 345 g/mol. The molecule has 1 N–H and O–H groups in total. The van der Waals surface area contributed by atoms with E-state index in [1.165, 1.54) is 43.4 Å². The van der Waals surface area contributed by atoms with Crippen LogP contribution < -0.4 is 5.32 Å². The molecule has 1 saturated heterocycles. The lowest BCUT2D eigenvalue weighted by Gasteiger charge is -2.36. The Labute approximate surface area is 150 Å². The van der Waals surface area contributed by atoms with Crippen LogP contribution in [-0.4, -0.2) is 57.8 Å². The van der Waals surface area contributed by atoms with Crippen LogP contribution in [0.5, 0.6) is 0 Å². The Morgan fingerprint density at radius 3 is 2.52 bits per heavy atom. The number of urea groups is 1. The second-order valence-corrected chi connectivity index (χ2v) is 8.00. The second-order valence-electron chi connectivity index (χ2n) is 8.00. The number of aromatic nitrogens is 2. The molecule has 0 aromatic carbocycles. The molecule has 138 valence electrons. The van der Waals surface area contributed by atoms with E-state index >= 15 is 0 Å². The van der Waals surface area contributed by atoms with E-state index in [0.29, 0.717) is 6.04 Å². The molecule has 2 amide bonds. The van der Waals surface area contributed by atoms with Gasteiger partial charge in [-0.05, 0) is 25.7 Å². The predicted octanol–water partition coefficient (Wildman–Crippen LogP) is 2.46. The maximum absolute atomic E-state index is 12.5. The average Bonchev–Trinajstić information content (AvgIpc) is 3.40. The molecular formula is C19H31N5O. The zero-order valence-corrected chi connectivity index (χ0v) is 15.4. The zero-order chi connectivity index (χ0) is 17.2. The molecule has 3 fully saturated rings. The number of carbonyl (C=O) groups is 1. The third kappa shape index (κ3) is 4.00. The number of piperazine rings is 1. The van der Waals surface area contributed by atoms with Crippen LogP contribution >= 0.6 is 0 Å². The maximum atomic E-state index is 12.5. The first-order valence-electron chi connectivity index (χ1n) is 9.99. The highest BCUT2D eigenvalue weighted by molar-refractivity contribution is 5.74. The van der Waals surface area contributed by atoms with Gasteiger partial charge in [0.2, 0.25) is 0 Å². The van der Waals surface area contributed by atoms with E-state index in [4.69, 9.17) is 0 Å². The van der Waals surface area contributed by atoms with E-state index < -0.39 is 0 Å². The maximum Gasteiger partial charge on any atom is 0.317 e. The van der Waals surface area contributed by atoms with Gasteiger partial charge in [0.25, 0.3) is 0 Å². The molecule has 4 rings (SSSR count). The molecule has 0 spiro atoms. The van der Waals surface area contributed by atoms with Gasteiger partial charge >= 0.3 is 6.03 Å². The Morgan fingerprint density at radius 2 is 1.84 bits per heavy atom. The number of nitrogens with one attached hydrogen (secondary N) is 1. The standard InChI is InChI=1S/C19H31N5O/c1-22-18(15-7-8-15)16(13-20-22)14-23-9-11-24(12-10-23)19(25)21-17-5-3-2-4-6-17/h13,15,17H,2-12,14H2,1H3,(H,21,25). The third-order valence-corrected chi connectivity index (χ3v) is 6.01. The summed E-state index contributed by atoms with van der Waals surface area (Å²) in [5.41, 5.74) is 2.81. The van der Waals surface area contributed by atoms with Crippen molar-refractivity contribution in [3.8, 4) is 0 Å². The van der Waals surface area contributed by atoms with Gasteiger partial charge in [-0.2, -0.15) is 5.10 Å². The first-order valence-corrected chi connectivity index (χ1v) is 9.99. The molecule has 6 heteroatoms. The molecular weight excluding hydrogens is 314 g/mol. The fourth-order valence-corrected chi connectivity index (χ4v) is 4.36. The van der Waals surface area contributed by atoms with Gasteiger partial charge in [-0.15, -0.1) is 0 Å². The number of nitrogens with zero attached hydrogens (tertiary/aromatic N) is 4. The van der Waals surface area contributed by atoms with E-state index in [1.54, 1.807) is 0 Å². The van der Waals surface area contributed by atoms with Crippen LogP contribution in [0.4, 0.5) is 4.79 Å². The van der Waals surface area contributed by atoms with E-state index in [9.17, 15) is 4.79 Å². The Balaban J connectivity index is 1.26. The Hall–Kier alpha value is -1.56. The topological polar surface area (TPSA) is 53.4 Å². The van der Waals surface area contributed by atoms with Crippen LogP contribution in [0.3, 0.4) is 0 Å². The summed E-state index contributed by atoms with van der Waals surface area (Å²) in [7, 11) is 2.06. The number of carbonyl (C=O) groups excluding carboxylic acids is 1. The number of aryl methyl sites for hydroxylation is 1. The molecule has 0 radical (unpaired) electrons. The van der Waals surface area contributed by atoms with Crippen molar-refractivity contribution >= 4 is 6.03 Å². The highest BCUT2D eigenvalue weighted by atomic mass is 16.2. The largest absolute Gasteiger partial charge is 0.335 e. The van der Waals surface area contributed by atoms with Crippen LogP contribution in [0.25, 0.3) is 0 Å². The van der Waals surface area contributed by atoms with Crippen molar-refractivity contribution in [3.63, 3.8) is 0 Å². The van der Waals surface area contributed by atoms with Crippen molar-refractivity contribution in [3.05, 3.63) is 17.5 Å². The van der Waals surface area contributed by atoms with E-state index in [-0.39, 0.29) is 6.03 Å². The normalized spacial score (nSPS) is 23.0. The smallest absolute Gasteiger partial charge is 0.317 e. The molecule has 2 heterocycles. The summed E-state index contributed by atoms with van der Waals surface area (Å²) in [6.45, 7) is 4.54. The number of amides is 2. The summed E-state index contributed by atoms with van der Waals surface area (Å²) >= 11 is 0. The van der Waals surface area contributed by atoms with Crippen molar-refractivity contribution < 1.29 is 4.79 Å². The molecule has 2 aliphatic carbocycles. The molecule has 0 unspecified atom stereocenters. The van der Waals surface area contributed by atoms with Crippen LogP contribution in [0.15, 0.2) is 6.20 Å². The molecule has 1 aliphatic heterocycles.